The maximum atomic E-state index is 12.3. The molecule has 4 nitrogen and oxygen atoms in total. The van der Waals surface area contributed by atoms with Crippen LogP contribution in [0.25, 0.3) is 10.8 Å². The van der Waals surface area contributed by atoms with Gasteiger partial charge in [-0.25, -0.2) is 13.1 Å². The van der Waals surface area contributed by atoms with Crippen molar-refractivity contribution in [3.05, 3.63) is 42.5 Å². The number of sulfonamides is 1. The van der Waals surface area contributed by atoms with Crippen molar-refractivity contribution in [1.82, 2.24) is 10.0 Å². The van der Waals surface area contributed by atoms with E-state index in [1.165, 1.54) is 0 Å². The van der Waals surface area contributed by atoms with Gasteiger partial charge in [-0.05, 0) is 48.3 Å². The highest BCUT2D eigenvalue weighted by Crippen LogP contribution is 2.19. The highest BCUT2D eigenvalue weighted by Gasteiger charge is 2.19. The maximum absolute atomic E-state index is 12.3. The number of fused-ring (bicyclic) bond motifs is 1. The Kier molecular flexibility index (Phi) is 5.22. The minimum absolute atomic E-state index is 0. The number of hydrogen-bond acceptors (Lipinski definition) is 3. The van der Waals surface area contributed by atoms with Crippen LogP contribution in [0.3, 0.4) is 0 Å². The Balaban J connectivity index is 0.00000161. The molecule has 0 aromatic heterocycles. The van der Waals surface area contributed by atoms with Crippen molar-refractivity contribution >= 4 is 33.2 Å². The standard InChI is InChI=1S/C15H18N2O2S.ClH/c18-20(19,17-11-12-7-8-16-10-12)15-6-5-13-3-1-2-4-14(13)9-15;/h1-6,9,12,16-17H,7-8,10-11H2;1H. The molecule has 0 spiro atoms. The fraction of sp³-hybridized carbons (Fsp3) is 0.333. The largest absolute Gasteiger partial charge is 0.316 e. The van der Waals surface area contributed by atoms with E-state index in [4.69, 9.17) is 0 Å². The van der Waals surface area contributed by atoms with Gasteiger partial charge in [-0.15, -0.1) is 12.4 Å². The quantitative estimate of drug-likeness (QED) is 0.905. The summed E-state index contributed by atoms with van der Waals surface area (Å²) in [6, 6.07) is 13.0. The molecule has 0 bridgehead atoms. The van der Waals surface area contributed by atoms with Crippen molar-refractivity contribution in [2.45, 2.75) is 11.3 Å². The molecule has 1 aliphatic heterocycles. The molecule has 2 N–H and O–H groups in total. The summed E-state index contributed by atoms with van der Waals surface area (Å²) in [5.74, 6) is 0.394. The number of hydrogen-bond donors (Lipinski definition) is 2. The van der Waals surface area contributed by atoms with E-state index in [0.29, 0.717) is 17.4 Å². The zero-order valence-corrected chi connectivity index (χ0v) is 13.2. The SMILES string of the molecule is Cl.O=S(=O)(NCC1CCNC1)c1ccc2ccccc2c1. The first-order chi connectivity index (χ1) is 9.65. The highest BCUT2D eigenvalue weighted by molar-refractivity contribution is 7.89. The van der Waals surface area contributed by atoms with Crippen LogP contribution in [0.15, 0.2) is 47.4 Å². The smallest absolute Gasteiger partial charge is 0.240 e. The molecular formula is C15H19ClN2O2S. The second-order valence-corrected chi connectivity index (χ2v) is 6.99. The average Bonchev–Trinajstić information content (AvgIpc) is 2.98. The molecule has 1 heterocycles. The van der Waals surface area contributed by atoms with Gasteiger partial charge in [0.15, 0.2) is 0 Å². The Labute approximate surface area is 131 Å². The Hall–Kier alpha value is -1.14. The van der Waals surface area contributed by atoms with Crippen LogP contribution in [0.2, 0.25) is 0 Å². The lowest BCUT2D eigenvalue weighted by Gasteiger charge is -2.11. The summed E-state index contributed by atoms with van der Waals surface area (Å²) in [4.78, 5) is 0.335. The van der Waals surface area contributed by atoms with E-state index in [-0.39, 0.29) is 12.4 Å². The van der Waals surface area contributed by atoms with Crippen molar-refractivity contribution in [1.29, 1.82) is 0 Å². The van der Waals surface area contributed by atoms with Crippen LogP contribution in [-0.2, 0) is 10.0 Å². The highest BCUT2D eigenvalue weighted by atomic mass is 35.5. The van der Waals surface area contributed by atoms with Gasteiger partial charge < -0.3 is 5.32 Å². The predicted molar refractivity (Wildman–Crippen MR) is 87.4 cm³/mol. The Bertz CT molecular complexity index is 712. The van der Waals surface area contributed by atoms with Crippen molar-refractivity contribution in [2.24, 2.45) is 5.92 Å². The van der Waals surface area contributed by atoms with E-state index < -0.39 is 10.0 Å². The summed E-state index contributed by atoms with van der Waals surface area (Å²) < 4.78 is 27.3. The molecule has 3 rings (SSSR count). The fourth-order valence-corrected chi connectivity index (χ4v) is 3.69. The molecular weight excluding hydrogens is 308 g/mol. The van der Waals surface area contributed by atoms with Crippen LogP contribution in [0.5, 0.6) is 0 Å². The van der Waals surface area contributed by atoms with Crippen LogP contribution < -0.4 is 10.0 Å². The summed E-state index contributed by atoms with van der Waals surface area (Å²) in [6.07, 6.45) is 1.03. The first-order valence-corrected chi connectivity index (χ1v) is 8.33. The second kappa shape index (κ2) is 6.75. The van der Waals surface area contributed by atoms with Gasteiger partial charge in [0.2, 0.25) is 10.0 Å². The molecule has 2 aromatic rings. The van der Waals surface area contributed by atoms with Gasteiger partial charge in [0.05, 0.1) is 4.90 Å². The zero-order chi connectivity index (χ0) is 14.0. The topological polar surface area (TPSA) is 58.2 Å². The number of nitrogens with one attached hydrogen (secondary N) is 2. The normalized spacial score (nSPS) is 18.6. The van der Waals surface area contributed by atoms with Crippen molar-refractivity contribution in [3.8, 4) is 0 Å². The van der Waals surface area contributed by atoms with Gasteiger partial charge in [0, 0.05) is 6.54 Å². The van der Waals surface area contributed by atoms with E-state index in [9.17, 15) is 8.42 Å². The summed E-state index contributed by atoms with van der Waals surface area (Å²) in [5.41, 5.74) is 0. The molecule has 0 saturated carbocycles. The summed E-state index contributed by atoms with van der Waals surface area (Å²) >= 11 is 0. The molecule has 1 saturated heterocycles. The lowest BCUT2D eigenvalue weighted by molar-refractivity contribution is 0.539. The number of benzene rings is 2. The van der Waals surface area contributed by atoms with Gasteiger partial charge in [-0.1, -0.05) is 30.3 Å². The van der Waals surface area contributed by atoms with Crippen molar-refractivity contribution < 1.29 is 8.42 Å². The third kappa shape index (κ3) is 3.74. The third-order valence-corrected chi connectivity index (χ3v) is 5.18. The first-order valence-electron chi connectivity index (χ1n) is 6.84. The van der Waals surface area contributed by atoms with Crippen LogP contribution >= 0.6 is 12.4 Å². The molecule has 0 radical (unpaired) electrons. The predicted octanol–water partition coefficient (Wildman–Crippen LogP) is 2.15. The summed E-state index contributed by atoms with van der Waals surface area (Å²) in [5, 5.41) is 5.23. The Morgan fingerprint density at radius 3 is 2.62 bits per heavy atom. The average molecular weight is 327 g/mol. The van der Waals surface area contributed by atoms with E-state index in [2.05, 4.69) is 10.0 Å². The van der Waals surface area contributed by atoms with Gasteiger partial charge >= 0.3 is 0 Å². The molecule has 6 heteroatoms. The number of rotatable bonds is 4. The van der Waals surface area contributed by atoms with E-state index in [1.54, 1.807) is 12.1 Å². The monoisotopic (exact) mass is 326 g/mol. The van der Waals surface area contributed by atoms with Crippen LogP contribution in [0.1, 0.15) is 6.42 Å². The minimum atomic E-state index is -3.42. The lowest BCUT2D eigenvalue weighted by atomic mass is 10.1. The van der Waals surface area contributed by atoms with Gasteiger partial charge in [0.25, 0.3) is 0 Å². The molecule has 1 unspecified atom stereocenters. The minimum Gasteiger partial charge on any atom is -0.316 e. The van der Waals surface area contributed by atoms with Crippen LogP contribution in [0.4, 0.5) is 0 Å². The van der Waals surface area contributed by atoms with Crippen molar-refractivity contribution in [3.63, 3.8) is 0 Å². The second-order valence-electron chi connectivity index (χ2n) is 5.22. The fourth-order valence-electron chi connectivity index (χ4n) is 2.53. The summed E-state index contributed by atoms with van der Waals surface area (Å²) in [7, 11) is -3.42. The Morgan fingerprint density at radius 2 is 1.90 bits per heavy atom. The van der Waals surface area contributed by atoms with E-state index >= 15 is 0 Å². The first kappa shape index (κ1) is 16.2. The molecule has 1 aliphatic rings. The Morgan fingerprint density at radius 1 is 1.14 bits per heavy atom. The maximum Gasteiger partial charge on any atom is 0.240 e. The molecule has 114 valence electrons. The molecule has 1 atom stereocenters. The third-order valence-electron chi connectivity index (χ3n) is 3.76. The summed E-state index contributed by atoms with van der Waals surface area (Å²) in [6.45, 7) is 2.37. The zero-order valence-electron chi connectivity index (χ0n) is 11.6. The lowest BCUT2D eigenvalue weighted by Crippen LogP contribution is -2.30. The van der Waals surface area contributed by atoms with Crippen LogP contribution in [-0.4, -0.2) is 28.1 Å². The molecule has 0 amide bonds. The van der Waals surface area contributed by atoms with E-state index in [0.717, 1.165) is 30.3 Å². The van der Waals surface area contributed by atoms with Gasteiger partial charge in [-0.3, -0.25) is 0 Å². The molecule has 2 aromatic carbocycles. The molecule has 21 heavy (non-hydrogen) atoms. The number of halogens is 1. The van der Waals surface area contributed by atoms with Crippen molar-refractivity contribution in [2.75, 3.05) is 19.6 Å². The van der Waals surface area contributed by atoms with Gasteiger partial charge in [0.1, 0.15) is 0 Å². The van der Waals surface area contributed by atoms with E-state index in [1.807, 2.05) is 30.3 Å². The van der Waals surface area contributed by atoms with Crippen LogP contribution in [0, 0.1) is 5.92 Å². The molecule has 0 aliphatic carbocycles. The van der Waals surface area contributed by atoms with Gasteiger partial charge in [-0.2, -0.15) is 0 Å². The molecule has 1 fully saturated rings.